The van der Waals surface area contributed by atoms with Gasteiger partial charge in [0.05, 0.1) is 14.2 Å². The Morgan fingerprint density at radius 2 is 1.76 bits per heavy atom. The molecule has 0 atom stereocenters. The van der Waals surface area contributed by atoms with Crippen molar-refractivity contribution in [3.63, 3.8) is 0 Å². The zero-order valence-electron chi connectivity index (χ0n) is 11.9. The minimum absolute atomic E-state index is 0.130. The molecule has 0 amide bonds. The SMILES string of the molecule is COc1ccc(OC)c(C=CC(=O)c2ccc(O)cc2)c1. The Morgan fingerprint density at radius 1 is 1.05 bits per heavy atom. The maximum absolute atomic E-state index is 12.0. The van der Waals surface area contributed by atoms with Crippen molar-refractivity contribution in [3.8, 4) is 17.2 Å². The van der Waals surface area contributed by atoms with Crippen LogP contribution in [0.2, 0.25) is 0 Å². The first-order valence-electron chi connectivity index (χ1n) is 6.37. The van der Waals surface area contributed by atoms with Crippen LogP contribution in [0, 0.1) is 0 Å². The van der Waals surface area contributed by atoms with E-state index in [0.29, 0.717) is 17.1 Å². The van der Waals surface area contributed by atoms with Crippen molar-refractivity contribution in [3.05, 3.63) is 59.7 Å². The van der Waals surface area contributed by atoms with Crippen LogP contribution < -0.4 is 9.47 Å². The van der Waals surface area contributed by atoms with E-state index in [9.17, 15) is 9.90 Å². The first-order chi connectivity index (χ1) is 10.1. The summed E-state index contributed by atoms with van der Waals surface area (Å²) in [5, 5.41) is 9.21. The summed E-state index contributed by atoms with van der Waals surface area (Å²) in [5.74, 6) is 1.32. The van der Waals surface area contributed by atoms with Crippen molar-refractivity contribution < 1.29 is 19.4 Å². The molecule has 0 heterocycles. The third-order valence-corrected chi connectivity index (χ3v) is 3.00. The third-order valence-electron chi connectivity index (χ3n) is 3.00. The van der Waals surface area contributed by atoms with Crippen molar-refractivity contribution >= 4 is 11.9 Å². The molecule has 0 aliphatic carbocycles. The highest BCUT2D eigenvalue weighted by molar-refractivity contribution is 6.07. The van der Waals surface area contributed by atoms with Crippen LogP contribution in [0.4, 0.5) is 0 Å². The number of methoxy groups -OCH3 is 2. The average Bonchev–Trinajstić information content (AvgIpc) is 2.52. The van der Waals surface area contributed by atoms with Gasteiger partial charge in [-0.25, -0.2) is 0 Å². The van der Waals surface area contributed by atoms with Gasteiger partial charge < -0.3 is 14.6 Å². The topological polar surface area (TPSA) is 55.8 Å². The molecule has 1 N–H and O–H groups in total. The van der Waals surface area contributed by atoms with Gasteiger partial charge in [0, 0.05) is 11.1 Å². The van der Waals surface area contributed by atoms with Crippen LogP contribution in [-0.4, -0.2) is 25.1 Å². The standard InChI is InChI=1S/C17H16O4/c1-20-15-8-10-17(21-2)13(11-15)5-9-16(19)12-3-6-14(18)7-4-12/h3-11,18H,1-2H3. The van der Waals surface area contributed by atoms with Crippen molar-refractivity contribution in [1.82, 2.24) is 0 Å². The molecule has 2 aromatic carbocycles. The van der Waals surface area contributed by atoms with E-state index in [1.54, 1.807) is 50.6 Å². The molecule has 2 rings (SSSR count). The summed E-state index contributed by atoms with van der Waals surface area (Å²) in [5.41, 5.74) is 1.26. The predicted octanol–water partition coefficient (Wildman–Crippen LogP) is 3.31. The molecule has 4 heteroatoms. The van der Waals surface area contributed by atoms with Gasteiger partial charge in [0.15, 0.2) is 5.78 Å². The zero-order valence-corrected chi connectivity index (χ0v) is 11.9. The molecule has 21 heavy (non-hydrogen) atoms. The van der Waals surface area contributed by atoms with E-state index < -0.39 is 0 Å². The lowest BCUT2D eigenvalue weighted by Crippen LogP contribution is -1.94. The van der Waals surface area contributed by atoms with Crippen molar-refractivity contribution in [1.29, 1.82) is 0 Å². The van der Waals surface area contributed by atoms with E-state index in [4.69, 9.17) is 9.47 Å². The molecule has 0 unspecified atom stereocenters. The van der Waals surface area contributed by atoms with Crippen LogP contribution in [0.5, 0.6) is 17.2 Å². The van der Waals surface area contributed by atoms with Gasteiger partial charge in [-0.15, -0.1) is 0 Å². The normalized spacial score (nSPS) is 10.6. The number of benzene rings is 2. The van der Waals surface area contributed by atoms with Gasteiger partial charge in [-0.2, -0.15) is 0 Å². The quantitative estimate of drug-likeness (QED) is 0.676. The Hall–Kier alpha value is -2.75. The Balaban J connectivity index is 2.24. The molecular formula is C17H16O4. The highest BCUT2D eigenvalue weighted by Crippen LogP contribution is 2.25. The number of carbonyl (C=O) groups is 1. The summed E-state index contributed by atoms with van der Waals surface area (Å²) < 4.78 is 10.4. The molecule has 0 saturated heterocycles. The highest BCUT2D eigenvalue weighted by atomic mass is 16.5. The molecule has 4 nitrogen and oxygen atoms in total. The number of phenols is 1. The molecule has 2 aromatic rings. The molecule has 108 valence electrons. The van der Waals surface area contributed by atoms with Crippen LogP contribution >= 0.6 is 0 Å². The van der Waals surface area contributed by atoms with E-state index in [0.717, 1.165) is 5.56 Å². The van der Waals surface area contributed by atoms with Gasteiger partial charge >= 0.3 is 0 Å². The molecule has 0 bridgehead atoms. The second kappa shape index (κ2) is 6.61. The van der Waals surface area contributed by atoms with Crippen LogP contribution in [-0.2, 0) is 0 Å². The Labute approximate surface area is 123 Å². The van der Waals surface area contributed by atoms with Crippen LogP contribution in [0.15, 0.2) is 48.5 Å². The van der Waals surface area contributed by atoms with Gasteiger partial charge in [0.25, 0.3) is 0 Å². The molecule has 0 fully saturated rings. The number of rotatable bonds is 5. The number of hydrogen-bond donors (Lipinski definition) is 1. The lowest BCUT2D eigenvalue weighted by atomic mass is 10.1. The number of ketones is 1. The highest BCUT2D eigenvalue weighted by Gasteiger charge is 2.05. The maximum Gasteiger partial charge on any atom is 0.185 e. The number of aromatic hydroxyl groups is 1. The fourth-order valence-corrected chi connectivity index (χ4v) is 1.86. The summed E-state index contributed by atoms with van der Waals surface area (Å²) in [6, 6.07) is 11.5. The molecule has 0 aliphatic rings. The van der Waals surface area contributed by atoms with Crippen LogP contribution in [0.1, 0.15) is 15.9 Å². The zero-order chi connectivity index (χ0) is 15.2. The van der Waals surface area contributed by atoms with Gasteiger partial charge in [-0.3, -0.25) is 4.79 Å². The van der Waals surface area contributed by atoms with Gasteiger partial charge in [-0.05, 0) is 54.6 Å². The van der Waals surface area contributed by atoms with Gasteiger partial charge in [0.1, 0.15) is 17.2 Å². The Bertz CT molecular complexity index is 657. The minimum Gasteiger partial charge on any atom is -0.508 e. The number of ether oxygens (including phenoxy) is 2. The maximum atomic E-state index is 12.0. The molecule has 0 aliphatic heterocycles. The number of hydrogen-bond acceptors (Lipinski definition) is 4. The molecule has 0 aromatic heterocycles. The number of carbonyl (C=O) groups excluding carboxylic acids is 1. The number of phenolic OH excluding ortho intramolecular Hbond substituents is 1. The summed E-state index contributed by atoms with van der Waals surface area (Å²) in [7, 11) is 3.15. The Morgan fingerprint density at radius 3 is 2.38 bits per heavy atom. The molecular weight excluding hydrogens is 268 g/mol. The van der Waals surface area contributed by atoms with E-state index >= 15 is 0 Å². The fourth-order valence-electron chi connectivity index (χ4n) is 1.86. The van der Waals surface area contributed by atoms with Crippen molar-refractivity contribution in [2.75, 3.05) is 14.2 Å². The Kier molecular flexibility index (Phi) is 4.61. The first kappa shape index (κ1) is 14.7. The van der Waals surface area contributed by atoms with E-state index in [2.05, 4.69) is 0 Å². The minimum atomic E-state index is -0.153. The lowest BCUT2D eigenvalue weighted by Gasteiger charge is -2.07. The van der Waals surface area contributed by atoms with E-state index in [1.807, 2.05) is 0 Å². The second-order valence-corrected chi connectivity index (χ2v) is 4.35. The predicted molar refractivity (Wildman–Crippen MR) is 81.0 cm³/mol. The van der Waals surface area contributed by atoms with Crippen molar-refractivity contribution in [2.45, 2.75) is 0 Å². The fraction of sp³-hybridized carbons (Fsp3) is 0.118. The van der Waals surface area contributed by atoms with Crippen LogP contribution in [0.3, 0.4) is 0 Å². The van der Waals surface area contributed by atoms with Crippen molar-refractivity contribution in [2.24, 2.45) is 0 Å². The van der Waals surface area contributed by atoms with Crippen LogP contribution in [0.25, 0.3) is 6.08 Å². The smallest absolute Gasteiger partial charge is 0.185 e. The first-order valence-corrected chi connectivity index (χ1v) is 6.37. The third kappa shape index (κ3) is 3.63. The molecule has 0 radical (unpaired) electrons. The van der Waals surface area contributed by atoms with E-state index in [1.165, 1.54) is 18.2 Å². The summed E-state index contributed by atoms with van der Waals surface area (Å²) in [4.78, 5) is 12.0. The monoisotopic (exact) mass is 284 g/mol. The average molecular weight is 284 g/mol. The van der Waals surface area contributed by atoms with Gasteiger partial charge in [0.2, 0.25) is 0 Å². The second-order valence-electron chi connectivity index (χ2n) is 4.35. The molecule has 0 saturated carbocycles. The molecule has 0 spiro atoms. The summed E-state index contributed by atoms with van der Waals surface area (Å²) in [6.07, 6.45) is 3.14. The van der Waals surface area contributed by atoms with E-state index in [-0.39, 0.29) is 11.5 Å². The number of allylic oxidation sites excluding steroid dienone is 1. The summed E-state index contributed by atoms with van der Waals surface area (Å²) >= 11 is 0. The lowest BCUT2D eigenvalue weighted by molar-refractivity contribution is 0.104. The summed E-state index contributed by atoms with van der Waals surface area (Å²) in [6.45, 7) is 0. The van der Waals surface area contributed by atoms with Gasteiger partial charge in [-0.1, -0.05) is 0 Å². The largest absolute Gasteiger partial charge is 0.508 e.